The molecule has 0 N–H and O–H groups in total. The lowest BCUT2D eigenvalue weighted by atomic mass is 10.2. The highest BCUT2D eigenvalue weighted by molar-refractivity contribution is 5.89. The van der Waals surface area contributed by atoms with Gasteiger partial charge in [-0.05, 0) is 29.8 Å². The number of nitrogens with zero attached hydrogens (tertiary/aromatic N) is 3. The predicted molar refractivity (Wildman–Crippen MR) is 89.4 cm³/mol. The topological polar surface area (TPSA) is 84.1 Å². The van der Waals surface area contributed by atoms with E-state index in [0.717, 1.165) is 5.56 Å². The number of esters is 1. The second kappa shape index (κ2) is 6.68. The summed E-state index contributed by atoms with van der Waals surface area (Å²) >= 11 is 0. The van der Waals surface area contributed by atoms with Gasteiger partial charge in [0.2, 0.25) is 0 Å². The minimum absolute atomic E-state index is 0.258. The smallest absolute Gasteiger partial charge is 0.350 e. The van der Waals surface area contributed by atoms with Gasteiger partial charge in [-0.25, -0.2) is 18.7 Å². The van der Waals surface area contributed by atoms with Crippen molar-refractivity contribution in [3.8, 4) is 11.5 Å². The summed E-state index contributed by atoms with van der Waals surface area (Å²) in [5.74, 6) is 0.669. The molecule has 0 aliphatic carbocycles. The Morgan fingerprint density at radius 1 is 1.08 bits per heavy atom. The molecule has 2 aromatic heterocycles. The highest BCUT2D eigenvalue weighted by Gasteiger charge is 2.12. The predicted octanol–water partition coefficient (Wildman–Crippen LogP) is 1.35. The van der Waals surface area contributed by atoms with Gasteiger partial charge < -0.3 is 14.2 Å². The molecule has 25 heavy (non-hydrogen) atoms. The molecule has 0 radical (unpaired) electrons. The first-order valence-electron chi connectivity index (χ1n) is 7.46. The number of benzene rings is 1. The second-order valence-corrected chi connectivity index (χ2v) is 5.27. The van der Waals surface area contributed by atoms with Crippen LogP contribution in [0.5, 0.6) is 11.5 Å². The third-order valence-electron chi connectivity index (χ3n) is 3.78. The number of hydrogen-bond acceptors (Lipinski definition) is 6. The second-order valence-electron chi connectivity index (χ2n) is 5.27. The SMILES string of the molecule is COC(=O)c1ccc2nn(Cc3ccc(OC)c(OC)c3)c(=O)n2c1. The Hall–Kier alpha value is -3.29. The van der Waals surface area contributed by atoms with Crippen LogP contribution in [0.15, 0.2) is 41.3 Å². The van der Waals surface area contributed by atoms with E-state index in [1.807, 2.05) is 6.07 Å². The van der Waals surface area contributed by atoms with Gasteiger partial charge in [-0.15, -0.1) is 5.10 Å². The molecule has 0 amide bonds. The lowest BCUT2D eigenvalue weighted by Crippen LogP contribution is -2.22. The minimum atomic E-state index is -0.513. The molecular weight excluding hydrogens is 326 g/mol. The van der Waals surface area contributed by atoms with Crippen molar-refractivity contribution in [3.63, 3.8) is 0 Å². The maximum atomic E-state index is 12.5. The van der Waals surface area contributed by atoms with Crippen LogP contribution in [0.4, 0.5) is 0 Å². The number of pyridine rings is 1. The normalized spacial score (nSPS) is 10.7. The third-order valence-corrected chi connectivity index (χ3v) is 3.78. The molecule has 0 saturated heterocycles. The summed E-state index contributed by atoms with van der Waals surface area (Å²) in [6.07, 6.45) is 1.42. The fourth-order valence-corrected chi connectivity index (χ4v) is 2.51. The van der Waals surface area contributed by atoms with E-state index >= 15 is 0 Å². The van der Waals surface area contributed by atoms with Gasteiger partial charge in [0, 0.05) is 6.20 Å². The number of ether oxygens (including phenoxy) is 3. The fourth-order valence-electron chi connectivity index (χ4n) is 2.51. The van der Waals surface area contributed by atoms with Crippen molar-refractivity contribution in [1.82, 2.24) is 14.2 Å². The van der Waals surface area contributed by atoms with Crippen LogP contribution in [-0.2, 0) is 11.3 Å². The fraction of sp³-hybridized carbons (Fsp3) is 0.235. The van der Waals surface area contributed by atoms with Crippen LogP contribution in [0.25, 0.3) is 5.65 Å². The molecule has 3 aromatic rings. The summed E-state index contributed by atoms with van der Waals surface area (Å²) < 4.78 is 17.8. The quantitative estimate of drug-likeness (QED) is 0.650. The Labute approximate surface area is 143 Å². The van der Waals surface area contributed by atoms with Crippen LogP contribution in [0.1, 0.15) is 15.9 Å². The molecule has 0 spiro atoms. The van der Waals surface area contributed by atoms with E-state index in [0.29, 0.717) is 17.1 Å². The van der Waals surface area contributed by atoms with Crippen LogP contribution in [0.3, 0.4) is 0 Å². The number of aromatic nitrogens is 3. The molecule has 0 aliphatic heterocycles. The van der Waals surface area contributed by atoms with Crippen molar-refractivity contribution < 1.29 is 19.0 Å². The molecule has 1 aromatic carbocycles. The van der Waals surface area contributed by atoms with Gasteiger partial charge in [0.05, 0.1) is 33.4 Å². The summed E-state index contributed by atoms with van der Waals surface area (Å²) in [5.41, 5.74) is 1.20. The lowest BCUT2D eigenvalue weighted by Gasteiger charge is -2.09. The molecule has 0 atom stereocenters. The number of rotatable bonds is 5. The Balaban J connectivity index is 1.98. The van der Waals surface area contributed by atoms with Crippen LogP contribution in [0, 0.1) is 0 Å². The number of hydrogen-bond donors (Lipinski definition) is 0. The summed E-state index contributed by atoms with van der Waals surface area (Å²) in [5, 5.41) is 4.27. The van der Waals surface area contributed by atoms with Crippen molar-refractivity contribution in [3.05, 3.63) is 58.1 Å². The van der Waals surface area contributed by atoms with Crippen molar-refractivity contribution in [2.24, 2.45) is 0 Å². The van der Waals surface area contributed by atoms with Crippen molar-refractivity contribution in [2.45, 2.75) is 6.54 Å². The van der Waals surface area contributed by atoms with Crippen molar-refractivity contribution in [1.29, 1.82) is 0 Å². The molecule has 0 unspecified atom stereocenters. The zero-order chi connectivity index (χ0) is 18.0. The van der Waals surface area contributed by atoms with Gasteiger partial charge >= 0.3 is 11.7 Å². The van der Waals surface area contributed by atoms with Crippen LogP contribution in [-0.4, -0.2) is 41.5 Å². The Morgan fingerprint density at radius 3 is 2.52 bits per heavy atom. The molecule has 0 bridgehead atoms. The van der Waals surface area contributed by atoms with Gasteiger partial charge in [-0.1, -0.05) is 6.07 Å². The standard InChI is InChI=1S/C17H17N3O5/c1-23-13-6-4-11(8-14(13)24-2)9-20-17(22)19-10-12(16(21)25-3)5-7-15(19)18-20/h4-8,10H,9H2,1-3H3. The van der Waals surface area contributed by atoms with Gasteiger partial charge in [-0.2, -0.15) is 0 Å². The third kappa shape index (κ3) is 3.06. The molecular formula is C17H17N3O5. The van der Waals surface area contributed by atoms with E-state index in [1.54, 1.807) is 38.5 Å². The van der Waals surface area contributed by atoms with E-state index in [4.69, 9.17) is 9.47 Å². The average Bonchev–Trinajstić information content (AvgIpc) is 2.96. The molecule has 2 heterocycles. The van der Waals surface area contributed by atoms with Crippen LogP contribution >= 0.6 is 0 Å². The van der Waals surface area contributed by atoms with Crippen LogP contribution in [0.2, 0.25) is 0 Å². The Bertz CT molecular complexity index is 990. The van der Waals surface area contributed by atoms with Gasteiger partial charge in [0.15, 0.2) is 17.1 Å². The molecule has 3 rings (SSSR count). The van der Waals surface area contributed by atoms with Gasteiger partial charge in [-0.3, -0.25) is 0 Å². The molecule has 8 heteroatoms. The summed E-state index contributed by atoms with van der Waals surface area (Å²) in [4.78, 5) is 24.1. The summed E-state index contributed by atoms with van der Waals surface area (Å²) in [6, 6.07) is 8.55. The first-order valence-corrected chi connectivity index (χ1v) is 7.46. The highest BCUT2D eigenvalue weighted by Crippen LogP contribution is 2.27. The van der Waals surface area contributed by atoms with E-state index < -0.39 is 5.97 Å². The average molecular weight is 343 g/mol. The van der Waals surface area contributed by atoms with Crippen LogP contribution < -0.4 is 15.2 Å². The van der Waals surface area contributed by atoms with E-state index in [2.05, 4.69) is 9.84 Å². The van der Waals surface area contributed by atoms with Crippen molar-refractivity contribution in [2.75, 3.05) is 21.3 Å². The van der Waals surface area contributed by atoms with Gasteiger partial charge in [0.1, 0.15) is 0 Å². The molecule has 0 fully saturated rings. The monoisotopic (exact) mass is 343 g/mol. The molecule has 8 nitrogen and oxygen atoms in total. The first-order chi connectivity index (χ1) is 12.1. The summed E-state index contributed by atoms with van der Waals surface area (Å²) in [6.45, 7) is 0.258. The van der Waals surface area contributed by atoms with E-state index in [9.17, 15) is 9.59 Å². The Morgan fingerprint density at radius 2 is 1.84 bits per heavy atom. The molecule has 0 saturated carbocycles. The first kappa shape index (κ1) is 16.6. The molecule has 0 aliphatic rings. The maximum absolute atomic E-state index is 12.5. The lowest BCUT2D eigenvalue weighted by molar-refractivity contribution is 0.0600. The largest absolute Gasteiger partial charge is 0.493 e. The summed E-state index contributed by atoms with van der Waals surface area (Å²) in [7, 11) is 4.39. The molecule has 130 valence electrons. The minimum Gasteiger partial charge on any atom is -0.493 e. The number of fused-ring (bicyclic) bond motifs is 1. The zero-order valence-corrected chi connectivity index (χ0v) is 14.1. The van der Waals surface area contributed by atoms with Crippen molar-refractivity contribution >= 4 is 11.6 Å². The zero-order valence-electron chi connectivity index (χ0n) is 14.1. The van der Waals surface area contributed by atoms with E-state index in [1.165, 1.54) is 22.4 Å². The number of carbonyl (C=O) groups is 1. The number of carbonyl (C=O) groups excluding carboxylic acids is 1. The number of methoxy groups -OCH3 is 3. The van der Waals surface area contributed by atoms with Gasteiger partial charge in [0.25, 0.3) is 0 Å². The highest BCUT2D eigenvalue weighted by atomic mass is 16.5. The Kier molecular flexibility index (Phi) is 4.42. The van der Waals surface area contributed by atoms with E-state index in [-0.39, 0.29) is 17.8 Å². The maximum Gasteiger partial charge on any atom is 0.350 e.